The Hall–Kier alpha value is -1.58. The second-order valence-corrected chi connectivity index (χ2v) is 4.75. The number of halogens is 1. The molecule has 98 valence electrons. The third-order valence-electron chi connectivity index (χ3n) is 3.45. The quantitative estimate of drug-likeness (QED) is 0.633. The summed E-state index contributed by atoms with van der Waals surface area (Å²) in [5.74, 6) is 0.648. The van der Waals surface area contributed by atoms with Crippen molar-refractivity contribution in [2.45, 2.75) is 25.2 Å². The van der Waals surface area contributed by atoms with Gasteiger partial charge in [0.15, 0.2) is 5.96 Å². The number of nitrogens with zero attached hydrogens (tertiary/aromatic N) is 1. The Morgan fingerprint density at radius 3 is 2.72 bits per heavy atom. The molecule has 0 radical (unpaired) electrons. The van der Waals surface area contributed by atoms with E-state index in [1.165, 1.54) is 6.07 Å². The maximum absolute atomic E-state index is 13.3. The van der Waals surface area contributed by atoms with Gasteiger partial charge in [0, 0.05) is 25.6 Å². The summed E-state index contributed by atoms with van der Waals surface area (Å²) in [7, 11) is 1.76. The summed E-state index contributed by atoms with van der Waals surface area (Å²) in [5, 5.41) is 6.47. The van der Waals surface area contributed by atoms with E-state index < -0.39 is 0 Å². The molecular weight excluding hydrogens is 229 g/mol. The molecule has 0 bridgehead atoms. The molecule has 4 heteroatoms. The summed E-state index contributed by atoms with van der Waals surface area (Å²) >= 11 is 0. The van der Waals surface area contributed by atoms with Crippen LogP contribution in [0.3, 0.4) is 0 Å². The minimum absolute atomic E-state index is 0.0907. The number of hydrogen-bond acceptors (Lipinski definition) is 1. The van der Waals surface area contributed by atoms with Crippen LogP contribution in [0.15, 0.2) is 29.3 Å². The van der Waals surface area contributed by atoms with Crippen LogP contribution in [0, 0.1) is 5.82 Å². The number of benzene rings is 1. The van der Waals surface area contributed by atoms with Crippen LogP contribution < -0.4 is 10.6 Å². The maximum atomic E-state index is 13.3. The van der Waals surface area contributed by atoms with Crippen molar-refractivity contribution >= 4 is 5.96 Å². The second kappa shape index (κ2) is 5.38. The first-order valence-electron chi connectivity index (χ1n) is 6.41. The summed E-state index contributed by atoms with van der Waals surface area (Å²) in [4.78, 5) is 4.14. The van der Waals surface area contributed by atoms with Gasteiger partial charge in [-0.15, -0.1) is 0 Å². The maximum Gasteiger partial charge on any atom is 0.190 e. The highest BCUT2D eigenvalue weighted by Crippen LogP contribution is 2.47. The summed E-state index contributed by atoms with van der Waals surface area (Å²) in [6, 6.07) is 6.92. The van der Waals surface area contributed by atoms with E-state index in [1.54, 1.807) is 19.2 Å². The lowest BCUT2D eigenvalue weighted by atomic mass is 9.96. The van der Waals surface area contributed by atoms with Crippen molar-refractivity contribution < 1.29 is 4.39 Å². The predicted molar refractivity (Wildman–Crippen MR) is 72.4 cm³/mol. The smallest absolute Gasteiger partial charge is 0.190 e. The lowest BCUT2D eigenvalue weighted by molar-refractivity contribution is 0.607. The van der Waals surface area contributed by atoms with E-state index >= 15 is 0 Å². The van der Waals surface area contributed by atoms with Crippen LogP contribution in [0.2, 0.25) is 0 Å². The van der Waals surface area contributed by atoms with E-state index in [2.05, 4.69) is 15.6 Å². The zero-order valence-corrected chi connectivity index (χ0v) is 11.0. The van der Waals surface area contributed by atoms with Crippen molar-refractivity contribution in [3.63, 3.8) is 0 Å². The van der Waals surface area contributed by atoms with Gasteiger partial charge in [-0.25, -0.2) is 4.39 Å². The lowest BCUT2D eigenvalue weighted by Crippen LogP contribution is -2.41. The van der Waals surface area contributed by atoms with Gasteiger partial charge in [-0.3, -0.25) is 4.99 Å². The van der Waals surface area contributed by atoms with E-state index in [-0.39, 0.29) is 11.2 Å². The minimum Gasteiger partial charge on any atom is -0.357 e. The Bertz CT molecular complexity index is 438. The zero-order chi connectivity index (χ0) is 13.0. The van der Waals surface area contributed by atoms with Gasteiger partial charge in [0.1, 0.15) is 5.82 Å². The van der Waals surface area contributed by atoms with Gasteiger partial charge in [0.05, 0.1) is 0 Å². The lowest BCUT2D eigenvalue weighted by Gasteiger charge is -2.18. The molecule has 2 rings (SSSR count). The fourth-order valence-electron chi connectivity index (χ4n) is 2.18. The fraction of sp³-hybridized carbons (Fsp3) is 0.500. The first-order chi connectivity index (χ1) is 8.70. The average molecular weight is 249 g/mol. The molecule has 0 atom stereocenters. The molecule has 2 N–H and O–H groups in total. The zero-order valence-electron chi connectivity index (χ0n) is 11.0. The van der Waals surface area contributed by atoms with Gasteiger partial charge in [-0.2, -0.15) is 0 Å². The Morgan fingerprint density at radius 1 is 1.39 bits per heavy atom. The average Bonchev–Trinajstić information content (AvgIpc) is 3.16. The molecule has 0 unspecified atom stereocenters. The number of aliphatic imine (C=N–C) groups is 1. The van der Waals surface area contributed by atoms with Crippen LogP contribution >= 0.6 is 0 Å². The molecule has 0 aliphatic heterocycles. The Labute approximate surface area is 108 Å². The normalized spacial score (nSPS) is 17.4. The van der Waals surface area contributed by atoms with Crippen molar-refractivity contribution in [1.29, 1.82) is 0 Å². The Kier molecular flexibility index (Phi) is 3.84. The van der Waals surface area contributed by atoms with Crippen molar-refractivity contribution in [2.24, 2.45) is 4.99 Å². The van der Waals surface area contributed by atoms with Gasteiger partial charge in [-0.1, -0.05) is 12.1 Å². The molecule has 1 aromatic rings. The molecule has 1 fully saturated rings. The van der Waals surface area contributed by atoms with Crippen LogP contribution in [0.1, 0.15) is 25.3 Å². The minimum atomic E-state index is -0.158. The van der Waals surface area contributed by atoms with Crippen LogP contribution in [0.5, 0.6) is 0 Å². The summed E-state index contributed by atoms with van der Waals surface area (Å²) in [5.41, 5.74) is 1.18. The molecule has 3 nitrogen and oxygen atoms in total. The van der Waals surface area contributed by atoms with Crippen molar-refractivity contribution in [3.05, 3.63) is 35.6 Å². The third kappa shape index (κ3) is 2.81. The topological polar surface area (TPSA) is 36.4 Å². The molecule has 18 heavy (non-hydrogen) atoms. The molecule has 0 spiro atoms. The molecule has 1 aliphatic rings. The predicted octanol–water partition coefficient (Wildman–Crippen LogP) is 2.04. The highest BCUT2D eigenvalue weighted by Gasteiger charge is 2.44. The molecule has 0 saturated heterocycles. The highest BCUT2D eigenvalue weighted by atomic mass is 19.1. The molecule has 1 saturated carbocycles. The first kappa shape index (κ1) is 12.9. The van der Waals surface area contributed by atoms with Crippen LogP contribution in [0.25, 0.3) is 0 Å². The van der Waals surface area contributed by atoms with Crippen LogP contribution in [-0.2, 0) is 5.41 Å². The molecule has 0 aromatic heterocycles. The monoisotopic (exact) mass is 249 g/mol. The number of guanidine groups is 1. The largest absolute Gasteiger partial charge is 0.357 e. The van der Waals surface area contributed by atoms with Gasteiger partial charge >= 0.3 is 0 Å². The SMILES string of the molecule is CCNC(=NC)NCC1(c2cccc(F)c2)CC1. The van der Waals surface area contributed by atoms with E-state index in [4.69, 9.17) is 0 Å². The summed E-state index contributed by atoms with van der Waals surface area (Å²) < 4.78 is 13.3. The van der Waals surface area contributed by atoms with Gasteiger partial charge in [0.25, 0.3) is 0 Å². The third-order valence-corrected chi connectivity index (χ3v) is 3.45. The number of nitrogens with one attached hydrogen (secondary N) is 2. The standard InChI is InChI=1S/C14H20FN3/c1-3-17-13(16-2)18-10-14(7-8-14)11-5-4-6-12(15)9-11/h4-6,9H,3,7-8,10H2,1-2H3,(H2,16,17,18). The summed E-state index contributed by atoms with van der Waals surface area (Å²) in [6.45, 7) is 3.68. The van der Waals surface area contributed by atoms with Crippen LogP contribution in [0.4, 0.5) is 4.39 Å². The van der Waals surface area contributed by atoms with E-state index in [1.807, 2.05) is 13.0 Å². The Balaban J connectivity index is 2.00. The molecule has 0 heterocycles. The van der Waals surface area contributed by atoms with E-state index in [0.717, 1.165) is 37.5 Å². The second-order valence-electron chi connectivity index (χ2n) is 4.75. The van der Waals surface area contributed by atoms with Gasteiger partial charge in [-0.05, 0) is 37.5 Å². The van der Waals surface area contributed by atoms with Gasteiger partial charge < -0.3 is 10.6 Å². The van der Waals surface area contributed by atoms with Crippen molar-refractivity contribution in [2.75, 3.05) is 20.1 Å². The summed E-state index contributed by atoms with van der Waals surface area (Å²) in [6.07, 6.45) is 2.21. The molecule has 1 aliphatic carbocycles. The number of rotatable bonds is 4. The highest BCUT2D eigenvalue weighted by molar-refractivity contribution is 5.79. The van der Waals surface area contributed by atoms with Gasteiger partial charge in [0.2, 0.25) is 0 Å². The fourth-order valence-corrected chi connectivity index (χ4v) is 2.18. The van der Waals surface area contributed by atoms with E-state index in [9.17, 15) is 4.39 Å². The molecular formula is C14H20FN3. The molecule has 1 aromatic carbocycles. The van der Waals surface area contributed by atoms with Crippen molar-refractivity contribution in [3.8, 4) is 0 Å². The van der Waals surface area contributed by atoms with Crippen LogP contribution in [-0.4, -0.2) is 26.1 Å². The first-order valence-corrected chi connectivity index (χ1v) is 6.41. The van der Waals surface area contributed by atoms with Crippen molar-refractivity contribution in [1.82, 2.24) is 10.6 Å². The van der Waals surface area contributed by atoms with E-state index in [0.29, 0.717) is 0 Å². The molecule has 0 amide bonds. The Morgan fingerprint density at radius 2 is 2.17 bits per heavy atom. The number of hydrogen-bond donors (Lipinski definition) is 2.